The molecule has 0 saturated carbocycles. The maximum atomic E-state index is 4.20. The highest BCUT2D eigenvalue weighted by Crippen LogP contribution is 2.29. The zero-order chi connectivity index (χ0) is 13.2. The van der Waals surface area contributed by atoms with E-state index >= 15 is 0 Å². The van der Waals surface area contributed by atoms with Crippen LogP contribution in [0.25, 0.3) is 11.1 Å². The number of aryl methyl sites for hydroxylation is 2. The van der Waals surface area contributed by atoms with Crippen LogP contribution < -0.4 is 0 Å². The van der Waals surface area contributed by atoms with Crippen LogP contribution in [-0.2, 0) is 12.8 Å². The second kappa shape index (κ2) is 4.89. The van der Waals surface area contributed by atoms with E-state index in [0.29, 0.717) is 0 Å². The number of hydrogen-bond donors (Lipinski definition) is 0. The van der Waals surface area contributed by atoms with Crippen molar-refractivity contribution in [2.45, 2.75) is 19.3 Å². The molecule has 0 saturated heterocycles. The molecule has 0 spiro atoms. The Bertz CT molecular complexity index is 555. The Hall–Kier alpha value is -2.08. The zero-order valence-corrected chi connectivity index (χ0v) is 11.2. The first kappa shape index (κ1) is 12.0. The average molecular weight is 246 g/mol. The summed E-state index contributed by atoms with van der Waals surface area (Å²) in [6, 6.07) is 17.5. The van der Waals surface area contributed by atoms with Crippen molar-refractivity contribution in [3.05, 3.63) is 83.9 Å². The SMILES string of the molecule is C=C1C(=C)c2ccc(cc2)CCCc2ccc1cc2. The lowest BCUT2D eigenvalue weighted by Gasteiger charge is -2.10. The van der Waals surface area contributed by atoms with E-state index in [1.165, 1.54) is 17.5 Å². The van der Waals surface area contributed by atoms with Gasteiger partial charge in [0.25, 0.3) is 0 Å². The summed E-state index contributed by atoms with van der Waals surface area (Å²) >= 11 is 0. The topological polar surface area (TPSA) is 0 Å². The molecule has 94 valence electrons. The molecule has 0 amide bonds. The van der Waals surface area contributed by atoms with Gasteiger partial charge in [0.15, 0.2) is 0 Å². The lowest BCUT2D eigenvalue weighted by molar-refractivity contribution is 0.820. The van der Waals surface area contributed by atoms with Crippen LogP contribution in [-0.4, -0.2) is 0 Å². The third-order valence-corrected chi connectivity index (χ3v) is 3.90. The minimum Gasteiger partial charge on any atom is -0.0906 e. The molecule has 0 fully saturated rings. The fraction of sp³-hybridized carbons (Fsp3) is 0.158. The lowest BCUT2D eigenvalue weighted by Crippen LogP contribution is -1.89. The van der Waals surface area contributed by atoms with Crippen LogP contribution in [0.2, 0.25) is 0 Å². The van der Waals surface area contributed by atoms with Crippen LogP contribution in [0, 0.1) is 0 Å². The molecule has 2 aromatic rings. The van der Waals surface area contributed by atoms with E-state index in [-0.39, 0.29) is 0 Å². The van der Waals surface area contributed by atoms with Crippen molar-refractivity contribution in [2.75, 3.05) is 0 Å². The number of rotatable bonds is 0. The van der Waals surface area contributed by atoms with Gasteiger partial charge in [-0.15, -0.1) is 0 Å². The van der Waals surface area contributed by atoms with Crippen LogP contribution in [0.3, 0.4) is 0 Å². The molecule has 0 N–H and O–H groups in total. The van der Waals surface area contributed by atoms with E-state index in [0.717, 1.165) is 35.1 Å². The van der Waals surface area contributed by atoms with Gasteiger partial charge in [-0.2, -0.15) is 0 Å². The molecule has 4 aliphatic carbocycles. The Morgan fingerprint density at radius 1 is 0.579 bits per heavy atom. The zero-order valence-electron chi connectivity index (χ0n) is 11.2. The Morgan fingerprint density at radius 3 is 1.32 bits per heavy atom. The molecule has 2 aromatic carbocycles. The van der Waals surface area contributed by atoms with Crippen LogP contribution >= 0.6 is 0 Å². The predicted molar refractivity (Wildman–Crippen MR) is 83.0 cm³/mol. The third-order valence-electron chi connectivity index (χ3n) is 3.90. The maximum absolute atomic E-state index is 4.20. The van der Waals surface area contributed by atoms with Gasteiger partial charge in [0.1, 0.15) is 0 Å². The second-order valence-electron chi connectivity index (χ2n) is 5.20. The molecule has 0 unspecified atom stereocenters. The molecule has 0 heterocycles. The molecule has 0 atom stereocenters. The quantitative estimate of drug-likeness (QED) is 0.620. The minimum atomic E-state index is 1.01. The van der Waals surface area contributed by atoms with Crippen molar-refractivity contribution in [3.8, 4) is 0 Å². The summed E-state index contributed by atoms with van der Waals surface area (Å²) < 4.78 is 0. The number of benzene rings is 2. The van der Waals surface area contributed by atoms with Crippen molar-refractivity contribution in [1.29, 1.82) is 0 Å². The fourth-order valence-electron chi connectivity index (χ4n) is 2.59. The smallest absolute Gasteiger partial charge is 0.0183 e. The van der Waals surface area contributed by atoms with Gasteiger partial charge in [-0.05, 0) is 52.7 Å². The molecule has 0 radical (unpaired) electrons. The monoisotopic (exact) mass is 246 g/mol. The Labute approximate surface area is 115 Å². The van der Waals surface area contributed by atoms with Crippen LogP contribution in [0.1, 0.15) is 28.7 Å². The molecule has 0 aromatic heterocycles. The fourth-order valence-corrected chi connectivity index (χ4v) is 2.59. The van der Waals surface area contributed by atoms with E-state index in [1.807, 2.05) is 0 Å². The van der Waals surface area contributed by atoms with Gasteiger partial charge in [-0.3, -0.25) is 0 Å². The van der Waals surface area contributed by atoms with Crippen molar-refractivity contribution in [3.63, 3.8) is 0 Å². The van der Waals surface area contributed by atoms with E-state index in [2.05, 4.69) is 61.7 Å². The van der Waals surface area contributed by atoms with Gasteiger partial charge in [0.05, 0.1) is 0 Å². The first-order valence-electron chi connectivity index (χ1n) is 6.81. The first-order chi connectivity index (χ1) is 9.24. The van der Waals surface area contributed by atoms with E-state index in [1.54, 1.807) is 0 Å². The summed E-state index contributed by atoms with van der Waals surface area (Å²) in [7, 11) is 0. The minimum absolute atomic E-state index is 1.01. The molecule has 0 aliphatic heterocycles. The predicted octanol–water partition coefficient (Wildman–Crippen LogP) is 4.90. The van der Waals surface area contributed by atoms with Crippen molar-refractivity contribution < 1.29 is 0 Å². The van der Waals surface area contributed by atoms with Gasteiger partial charge in [0.2, 0.25) is 0 Å². The molecular weight excluding hydrogens is 228 g/mol. The number of allylic oxidation sites excluding steroid dienone is 2. The Balaban J connectivity index is 2.07. The van der Waals surface area contributed by atoms with Crippen molar-refractivity contribution in [2.24, 2.45) is 0 Å². The van der Waals surface area contributed by atoms with Gasteiger partial charge in [-0.1, -0.05) is 61.7 Å². The summed E-state index contributed by atoms with van der Waals surface area (Å²) in [5.74, 6) is 0. The standard InChI is InChI=1S/C19H18/c1-14-15(2)19-12-8-17(9-13-19)5-3-4-16-6-10-18(14)11-7-16/h6-13H,1-5H2. The van der Waals surface area contributed by atoms with Gasteiger partial charge < -0.3 is 0 Å². The number of hydrogen-bond acceptors (Lipinski definition) is 0. The molecule has 0 heteroatoms. The molecule has 19 heavy (non-hydrogen) atoms. The third kappa shape index (κ3) is 2.39. The Morgan fingerprint density at radius 2 is 0.947 bits per heavy atom. The summed E-state index contributed by atoms with van der Waals surface area (Å²) in [6.07, 6.45) is 3.46. The molecular formula is C19H18. The van der Waals surface area contributed by atoms with Crippen LogP contribution in [0.15, 0.2) is 61.7 Å². The summed E-state index contributed by atoms with van der Waals surface area (Å²) in [4.78, 5) is 0. The molecule has 0 nitrogen and oxygen atoms in total. The van der Waals surface area contributed by atoms with E-state index < -0.39 is 0 Å². The largest absolute Gasteiger partial charge is 0.0906 e. The van der Waals surface area contributed by atoms with E-state index in [9.17, 15) is 0 Å². The highest BCUT2D eigenvalue weighted by molar-refractivity contribution is 6.02. The van der Waals surface area contributed by atoms with Gasteiger partial charge in [-0.25, -0.2) is 0 Å². The Kier molecular flexibility index (Phi) is 3.08. The first-order valence-corrected chi connectivity index (χ1v) is 6.81. The second-order valence-corrected chi connectivity index (χ2v) is 5.20. The summed E-state index contributed by atoms with van der Waals surface area (Å²) in [5.41, 5.74) is 7.15. The normalized spacial score (nSPS) is 14.9. The van der Waals surface area contributed by atoms with Gasteiger partial charge >= 0.3 is 0 Å². The molecule has 4 aliphatic rings. The average Bonchev–Trinajstić information content (AvgIpc) is 2.49. The van der Waals surface area contributed by atoms with Gasteiger partial charge in [0, 0.05) is 0 Å². The summed E-state index contributed by atoms with van der Waals surface area (Å²) in [5, 5.41) is 0. The maximum Gasteiger partial charge on any atom is -0.0183 e. The highest BCUT2D eigenvalue weighted by atomic mass is 14.1. The molecule has 4 bridgehead atoms. The van der Waals surface area contributed by atoms with Crippen LogP contribution in [0.4, 0.5) is 0 Å². The molecule has 6 rings (SSSR count). The lowest BCUT2D eigenvalue weighted by atomic mass is 9.94. The van der Waals surface area contributed by atoms with Crippen LogP contribution in [0.5, 0.6) is 0 Å². The van der Waals surface area contributed by atoms with E-state index in [4.69, 9.17) is 0 Å². The highest BCUT2D eigenvalue weighted by Gasteiger charge is 2.08. The summed E-state index contributed by atoms with van der Waals surface area (Å²) in [6.45, 7) is 8.39. The van der Waals surface area contributed by atoms with Crippen molar-refractivity contribution in [1.82, 2.24) is 0 Å². The van der Waals surface area contributed by atoms with Crippen molar-refractivity contribution >= 4 is 11.1 Å².